The third-order valence-electron chi connectivity index (χ3n) is 2.53. The molecule has 0 aromatic heterocycles. The molecule has 0 heterocycles. The fourth-order valence-electron chi connectivity index (χ4n) is 1.43. The highest BCUT2D eigenvalue weighted by Gasteiger charge is 2.13. The van der Waals surface area contributed by atoms with Crippen molar-refractivity contribution in [3.05, 3.63) is 33.3 Å². The van der Waals surface area contributed by atoms with Gasteiger partial charge in [-0.1, -0.05) is 25.4 Å². The Labute approximate surface area is 122 Å². The number of nitrogens with one attached hydrogen (secondary N) is 1. The largest absolute Gasteiger partial charge is 0.484 e. The van der Waals surface area contributed by atoms with E-state index in [0.29, 0.717) is 18.2 Å². The monoisotopic (exact) mass is 300 g/mol. The minimum absolute atomic E-state index is 0.0206. The van der Waals surface area contributed by atoms with E-state index >= 15 is 0 Å². The van der Waals surface area contributed by atoms with Gasteiger partial charge < -0.3 is 10.1 Å². The topological polar surface area (TPSA) is 81.5 Å². The molecule has 0 unspecified atom stereocenters. The number of ether oxygens (including phenoxy) is 1. The molecule has 0 saturated carbocycles. The van der Waals surface area contributed by atoms with Crippen molar-refractivity contribution < 1.29 is 14.5 Å². The Balaban J connectivity index is 2.44. The van der Waals surface area contributed by atoms with Crippen molar-refractivity contribution in [3.63, 3.8) is 0 Å². The first-order valence-corrected chi connectivity index (χ1v) is 6.61. The van der Waals surface area contributed by atoms with Crippen LogP contribution in [0.25, 0.3) is 0 Å². The molecular formula is C13H17ClN2O4. The smallest absolute Gasteiger partial charge is 0.288 e. The van der Waals surface area contributed by atoms with Crippen molar-refractivity contribution in [2.75, 3.05) is 13.2 Å². The van der Waals surface area contributed by atoms with Crippen LogP contribution in [0.1, 0.15) is 20.3 Å². The molecule has 0 saturated heterocycles. The molecule has 0 aliphatic carbocycles. The van der Waals surface area contributed by atoms with Gasteiger partial charge in [-0.15, -0.1) is 0 Å². The summed E-state index contributed by atoms with van der Waals surface area (Å²) >= 11 is 5.74. The predicted molar refractivity (Wildman–Crippen MR) is 76.1 cm³/mol. The van der Waals surface area contributed by atoms with Crippen molar-refractivity contribution >= 4 is 23.2 Å². The molecule has 7 heteroatoms. The fraction of sp³-hybridized carbons (Fsp3) is 0.462. The zero-order valence-corrected chi connectivity index (χ0v) is 12.1. The molecule has 0 aliphatic rings. The van der Waals surface area contributed by atoms with Crippen LogP contribution in [0.3, 0.4) is 0 Å². The second-order valence-electron chi connectivity index (χ2n) is 4.69. The summed E-state index contributed by atoms with van der Waals surface area (Å²) in [5.74, 6) is 0.601. The third kappa shape index (κ3) is 5.44. The van der Waals surface area contributed by atoms with E-state index in [1.54, 1.807) is 0 Å². The Kier molecular flexibility index (Phi) is 6.24. The summed E-state index contributed by atoms with van der Waals surface area (Å²) in [5, 5.41) is 13.3. The van der Waals surface area contributed by atoms with Crippen LogP contribution < -0.4 is 10.1 Å². The maximum absolute atomic E-state index is 11.5. The number of nitro benzene ring substituents is 1. The first-order valence-electron chi connectivity index (χ1n) is 6.23. The van der Waals surface area contributed by atoms with Crippen LogP contribution in [0.5, 0.6) is 5.75 Å². The normalized spacial score (nSPS) is 10.4. The van der Waals surface area contributed by atoms with Crippen molar-refractivity contribution in [1.82, 2.24) is 5.32 Å². The Morgan fingerprint density at radius 2 is 2.20 bits per heavy atom. The Bertz CT molecular complexity index is 491. The minimum Gasteiger partial charge on any atom is -0.484 e. The van der Waals surface area contributed by atoms with Crippen LogP contribution in [0, 0.1) is 16.0 Å². The van der Waals surface area contributed by atoms with Crippen LogP contribution >= 0.6 is 11.6 Å². The number of halogens is 1. The lowest BCUT2D eigenvalue weighted by atomic mass is 10.1. The van der Waals surface area contributed by atoms with Crippen molar-refractivity contribution in [2.24, 2.45) is 5.92 Å². The van der Waals surface area contributed by atoms with Gasteiger partial charge >= 0.3 is 0 Å². The molecule has 1 N–H and O–H groups in total. The first kappa shape index (κ1) is 16.2. The molecule has 0 spiro atoms. The Morgan fingerprint density at radius 3 is 2.75 bits per heavy atom. The molecule has 6 nitrogen and oxygen atoms in total. The van der Waals surface area contributed by atoms with Gasteiger partial charge in [0.15, 0.2) is 6.61 Å². The van der Waals surface area contributed by atoms with E-state index in [2.05, 4.69) is 19.2 Å². The van der Waals surface area contributed by atoms with E-state index in [4.69, 9.17) is 16.3 Å². The van der Waals surface area contributed by atoms with Crippen LogP contribution in [0.15, 0.2) is 18.2 Å². The average molecular weight is 301 g/mol. The molecule has 0 bridgehead atoms. The predicted octanol–water partition coefficient (Wildman–Crippen LogP) is 2.79. The number of carbonyl (C=O) groups excluding carboxylic acids is 1. The molecule has 1 aromatic carbocycles. The highest BCUT2D eigenvalue weighted by Crippen LogP contribution is 2.28. The van der Waals surface area contributed by atoms with Crippen LogP contribution in [0.4, 0.5) is 5.69 Å². The standard InChI is InChI=1S/C13H17ClN2O4/c1-9(2)5-6-15-13(17)8-20-10-3-4-12(16(18)19)11(14)7-10/h3-4,7,9H,5-6,8H2,1-2H3,(H,15,17). The lowest BCUT2D eigenvalue weighted by molar-refractivity contribution is -0.384. The lowest BCUT2D eigenvalue weighted by Gasteiger charge is -2.09. The Morgan fingerprint density at radius 1 is 1.50 bits per heavy atom. The maximum atomic E-state index is 11.5. The molecule has 1 rings (SSSR count). The van der Waals surface area contributed by atoms with Crippen molar-refractivity contribution in [2.45, 2.75) is 20.3 Å². The number of nitrogens with zero attached hydrogens (tertiary/aromatic N) is 1. The van der Waals surface area contributed by atoms with Gasteiger partial charge in [0.05, 0.1) is 4.92 Å². The minimum atomic E-state index is -0.579. The van der Waals surface area contributed by atoms with E-state index in [0.717, 1.165) is 6.42 Å². The quantitative estimate of drug-likeness (QED) is 0.620. The van der Waals surface area contributed by atoms with Gasteiger partial charge in [-0.3, -0.25) is 14.9 Å². The summed E-state index contributed by atoms with van der Waals surface area (Å²) in [7, 11) is 0. The number of benzene rings is 1. The number of carbonyl (C=O) groups is 1. The van der Waals surface area contributed by atoms with Crippen molar-refractivity contribution in [3.8, 4) is 5.75 Å². The molecule has 0 radical (unpaired) electrons. The number of rotatable bonds is 7. The third-order valence-corrected chi connectivity index (χ3v) is 2.83. The molecule has 110 valence electrons. The Hall–Kier alpha value is -1.82. The summed E-state index contributed by atoms with van der Waals surface area (Å²) < 4.78 is 5.22. The van der Waals surface area contributed by atoms with Gasteiger partial charge in [0.2, 0.25) is 0 Å². The first-order chi connectivity index (χ1) is 9.40. The lowest BCUT2D eigenvalue weighted by Crippen LogP contribution is -2.30. The average Bonchev–Trinajstić information content (AvgIpc) is 2.35. The molecule has 0 atom stereocenters. The number of nitro groups is 1. The number of amides is 1. The number of hydrogen-bond donors (Lipinski definition) is 1. The van der Waals surface area contributed by atoms with Gasteiger partial charge in [0.1, 0.15) is 10.8 Å². The fourth-order valence-corrected chi connectivity index (χ4v) is 1.67. The summed E-state index contributed by atoms with van der Waals surface area (Å²) in [6, 6.07) is 3.97. The van der Waals surface area contributed by atoms with E-state index in [1.165, 1.54) is 18.2 Å². The second-order valence-corrected chi connectivity index (χ2v) is 5.10. The van der Waals surface area contributed by atoms with E-state index < -0.39 is 4.92 Å². The summed E-state index contributed by atoms with van der Waals surface area (Å²) in [5.41, 5.74) is -0.194. The highest BCUT2D eigenvalue weighted by atomic mass is 35.5. The molecule has 20 heavy (non-hydrogen) atoms. The van der Waals surface area contributed by atoms with Gasteiger partial charge in [0.25, 0.3) is 11.6 Å². The summed E-state index contributed by atoms with van der Waals surface area (Å²) in [4.78, 5) is 21.5. The number of hydrogen-bond acceptors (Lipinski definition) is 4. The highest BCUT2D eigenvalue weighted by molar-refractivity contribution is 6.32. The summed E-state index contributed by atoms with van der Waals surface area (Å²) in [6.45, 7) is 4.59. The van der Waals surface area contributed by atoms with Gasteiger partial charge in [0, 0.05) is 18.7 Å². The van der Waals surface area contributed by atoms with Crippen LogP contribution in [-0.2, 0) is 4.79 Å². The maximum Gasteiger partial charge on any atom is 0.288 e. The van der Waals surface area contributed by atoms with E-state index in [-0.39, 0.29) is 23.2 Å². The van der Waals surface area contributed by atoms with E-state index in [1.807, 2.05) is 0 Å². The second kappa shape index (κ2) is 7.69. The van der Waals surface area contributed by atoms with Gasteiger partial charge in [-0.05, 0) is 18.4 Å². The molecule has 1 amide bonds. The molecule has 0 fully saturated rings. The van der Waals surface area contributed by atoms with Crippen molar-refractivity contribution in [1.29, 1.82) is 0 Å². The van der Waals surface area contributed by atoms with Crippen LogP contribution in [0.2, 0.25) is 5.02 Å². The SMILES string of the molecule is CC(C)CCNC(=O)COc1ccc([N+](=O)[O-])c(Cl)c1. The molecular weight excluding hydrogens is 284 g/mol. The van der Waals surface area contributed by atoms with Crippen LogP contribution in [-0.4, -0.2) is 24.0 Å². The van der Waals surface area contributed by atoms with Gasteiger partial charge in [-0.25, -0.2) is 0 Å². The zero-order valence-electron chi connectivity index (χ0n) is 11.4. The van der Waals surface area contributed by atoms with E-state index in [9.17, 15) is 14.9 Å². The molecule has 1 aromatic rings. The van der Waals surface area contributed by atoms with Gasteiger partial charge in [-0.2, -0.15) is 0 Å². The summed E-state index contributed by atoms with van der Waals surface area (Å²) in [6.07, 6.45) is 0.898. The molecule has 0 aliphatic heterocycles. The zero-order chi connectivity index (χ0) is 15.1.